The van der Waals surface area contributed by atoms with Gasteiger partial charge in [0.25, 0.3) is 0 Å². The monoisotopic (exact) mass is 254 g/mol. The lowest BCUT2D eigenvalue weighted by atomic mass is 10.3. The molecule has 0 saturated heterocycles. The molecule has 0 unspecified atom stereocenters. The van der Waals surface area contributed by atoms with Crippen molar-refractivity contribution in [2.45, 2.75) is 6.54 Å². The predicted octanol–water partition coefficient (Wildman–Crippen LogP) is 1.56. The summed E-state index contributed by atoms with van der Waals surface area (Å²) in [5, 5.41) is 7.29. The zero-order valence-corrected chi connectivity index (χ0v) is 10.5. The molecule has 0 amide bonds. The van der Waals surface area contributed by atoms with Gasteiger partial charge in [-0.05, 0) is 12.1 Å². The van der Waals surface area contributed by atoms with E-state index in [1.165, 1.54) is 0 Å². The number of nitrogens with two attached hydrogens (primary N) is 1. The maximum absolute atomic E-state index is 5.88. The molecule has 0 radical (unpaired) electrons. The summed E-state index contributed by atoms with van der Waals surface area (Å²) < 4.78 is 1.64. The van der Waals surface area contributed by atoms with E-state index in [0.29, 0.717) is 12.4 Å². The van der Waals surface area contributed by atoms with Crippen LogP contribution in [0.2, 0.25) is 0 Å². The van der Waals surface area contributed by atoms with Gasteiger partial charge >= 0.3 is 0 Å². The average Bonchev–Trinajstić information content (AvgIpc) is 2.76. The number of benzene rings is 1. The third-order valence-corrected chi connectivity index (χ3v) is 2.97. The van der Waals surface area contributed by atoms with Gasteiger partial charge in [-0.1, -0.05) is 12.1 Å². The number of rotatable bonds is 3. The Morgan fingerprint density at radius 2 is 2.00 bits per heavy atom. The molecule has 0 aliphatic carbocycles. The van der Waals surface area contributed by atoms with Gasteiger partial charge in [-0.25, -0.2) is 4.98 Å². The van der Waals surface area contributed by atoms with Crippen LogP contribution >= 0.6 is 0 Å². The summed E-state index contributed by atoms with van der Waals surface area (Å²) in [6, 6.07) is 7.76. The highest BCUT2D eigenvalue weighted by Gasteiger charge is 2.05. The number of aryl methyl sites for hydroxylation is 1. The molecule has 3 rings (SSSR count). The van der Waals surface area contributed by atoms with E-state index in [-0.39, 0.29) is 0 Å². The predicted molar refractivity (Wildman–Crippen MR) is 74.5 cm³/mol. The molecule has 19 heavy (non-hydrogen) atoms. The van der Waals surface area contributed by atoms with E-state index >= 15 is 0 Å². The van der Waals surface area contributed by atoms with Crippen LogP contribution in [0.3, 0.4) is 0 Å². The fourth-order valence-electron chi connectivity index (χ4n) is 1.86. The number of nitrogens with zero attached hydrogens (tertiary/aromatic N) is 4. The molecule has 1 aromatic carbocycles. The van der Waals surface area contributed by atoms with Crippen LogP contribution in [0.4, 0.5) is 11.6 Å². The van der Waals surface area contributed by atoms with Gasteiger partial charge in [0.05, 0.1) is 23.4 Å². The van der Waals surface area contributed by atoms with Crippen LogP contribution in [0.25, 0.3) is 11.0 Å². The zero-order chi connectivity index (χ0) is 13.2. The Morgan fingerprint density at radius 1 is 1.21 bits per heavy atom. The van der Waals surface area contributed by atoms with Crippen molar-refractivity contribution < 1.29 is 0 Å². The van der Waals surface area contributed by atoms with E-state index in [0.717, 1.165) is 22.4 Å². The Balaban J connectivity index is 1.80. The fraction of sp³-hybridized carbons (Fsp3) is 0.154. The second-order valence-electron chi connectivity index (χ2n) is 4.28. The third-order valence-electron chi connectivity index (χ3n) is 2.97. The molecule has 0 bridgehead atoms. The highest BCUT2D eigenvalue weighted by molar-refractivity contribution is 5.75. The van der Waals surface area contributed by atoms with Gasteiger partial charge in [0.1, 0.15) is 11.6 Å². The maximum Gasteiger partial charge on any atom is 0.145 e. The number of nitrogen functional groups attached to an aromatic ring is 1. The van der Waals surface area contributed by atoms with Gasteiger partial charge in [-0.15, -0.1) is 0 Å². The maximum atomic E-state index is 5.88. The Morgan fingerprint density at radius 3 is 2.74 bits per heavy atom. The zero-order valence-electron chi connectivity index (χ0n) is 10.5. The third kappa shape index (κ3) is 2.20. The highest BCUT2D eigenvalue weighted by Crippen LogP contribution is 2.14. The lowest BCUT2D eigenvalue weighted by molar-refractivity contribution is 0.778. The molecule has 6 nitrogen and oxygen atoms in total. The van der Waals surface area contributed by atoms with Crippen molar-refractivity contribution in [3.63, 3.8) is 0 Å². The highest BCUT2D eigenvalue weighted by atomic mass is 15.3. The molecule has 3 aromatic rings. The average molecular weight is 254 g/mol. The molecule has 0 spiro atoms. The number of hydrogen-bond donors (Lipinski definition) is 2. The molecule has 6 heteroatoms. The number of nitrogens with one attached hydrogen (secondary N) is 1. The largest absolute Gasteiger partial charge is 0.384 e. The number of fused-ring (bicyclic) bond motifs is 1. The van der Waals surface area contributed by atoms with Crippen LogP contribution in [-0.2, 0) is 13.6 Å². The van der Waals surface area contributed by atoms with Crippen molar-refractivity contribution in [2.24, 2.45) is 7.05 Å². The Labute approximate surface area is 110 Å². The second-order valence-corrected chi connectivity index (χ2v) is 4.28. The van der Waals surface area contributed by atoms with Crippen LogP contribution in [0.15, 0.2) is 36.7 Å². The summed E-state index contributed by atoms with van der Waals surface area (Å²) in [6.07, 6.45) is 3.46. The van der Waals surface area contributed by atoms with E-state index < -0.39 is 0 Å². The van der Waals surface area contributed by atoms with Crippen molar-refractivity contribution in [3.8, 4) is 0 Å². The second kappa shape index (κ2) is 4.56. The van der Waals surface area contributed by atoms with E-state index in [4.69, 9.17) is 5.73 Å². The molecule has 0 atom stereocenters. The molecule has 0 saturated carbocycles. The van der Waals surface area contributed by atoms with Crippen LogP contribution in [-0.4, -0.2) is 19.7 Å². The lowest BCUT2D eigenvalue weighted by Crippen LogP contribution is -2.05. The van der Waals surface area contributed by atoms with E-state index in [2.05, 4.69) is 20.4 Å². The molecule has 0 fully saturated rings. The summed E-state index contributed by atoms with van der Waals surface area (Å²) in [5.41, 5.74) is 8.57. The fourth-order valence-corrected chi connectivity index (χ4v) is 1.86. The molecule has 0 aliphatic heterocycles. The van der Waals surface area contributed by atoms with Crippen LogP contribution in [0.1, 0.15) is 5.56 Å². The van der Waals surface area contributed by atoms with Gasteiger partial charge in [-0.2, -0.15) is 5.10 Å². The van der Waals surface area contributed by atoms with Crippen molar-refractivity contribution in [1.29, 1.82) is 0 Å². The van der Waals surface area contributed by atoms with Gasteiger partial charge < -0.3 is 11.1 Å². The van der Waals surface area contributed by atoms with Crippen molar-refractivity contribution in [1.82, 2.24) is 19.7 Å². The number of anilines is 2. The topological polar surface area (TPSA) is 81.7 Å². The van der Waals surface area contributed by atoms with Crippen molar-refractivity contribution >= 4 is 22.7 Å². The number of aromatic nitrogens is 4. The molecule has 2 aromatic heterocycles. The first-order valence-corrected chi connectivity index (χ1v) is 5.96. The molecule has 3 N–H and O–H groups in total. The minimum Gasteiger partial charge on any atom is -0.384 e. The van der Waals surface area contributed by atoms with Gasteiger partial charge in [0.15, 0.2) is 0 Å². The molecule has 0 aliphatic rings. The van der Waals surface area contributed by atoms with E-state index in [1.54, 1.807) is 17.1 Å². The summed E-state index contributed by atoms with van der Waals surface area (Å²) in [4.78, 5) is 8.83. The summed E-state index contributed by atoms with van der Waals surface area (Å²) in [7, 11) is 1.81. The first kappa shape index (κ1) is 11.5. The van der Waals surface area contributed by atoms with Crippen LogP contribution < -0.4 is 11.1 Å². The van der Waals surface area contributed by atoms with Gasteiger partial charge in [0, 0.05) is 19.2 Å². The van der Waals surface area contributed by atoms with Gasteiger partial charge in [0.2, 0.25) is 0 Å². The standard InChI is InChI=1S/C13H14N6/c1-19-13(14)9(7-17-19)6-16-12-8-15-10-4-2-3-5-11(10)18-12/h2-5,7-8H,6,14H2,1H3,(H,16,18). The molecular weight excluding hydrogens is 240 g/mol. The van der Waals surface area contributed by atoms with Crippen molar-refractivity contribution in [2.75, 3.05) is 11.1 Å². The molecular formula is C13H14N6. The number of hydrogen-bond acceptors (Lipinski definition) is 5. The summed E-state index contributed by atoms with van der Waals surface area (Å²) in [6.45, 7) is 0.576. The first-order chi connectivity index (χ1) is 9.24. The smallest absolute Gasteiger partial charge is 0.145 e. The van der Waals surface area contributed by atoms with Crippen molar-refractivity contribution in [3.05, 3.63) is 42.2 Å². The van der Waals surface area contributed by atoms with E-state index in [1.807, 2.05) is 31.3 Å². The normalized spacial score (nSPS) is 10.8. The Hall–Kier alpha value is -2.63. The lowest BCUT2D eigenvalue weighted by Gasteiger charge is -2.05. The Kier molecular flexibility index (Phi) is 2.75. The number of para-hydroxylation sites is 2. The quantitative estimate of drug-likeness (QED) is 0.741. The SMILES string of the molecule is Cn1ncc(CNc2cnc3ccccc3n2)c1N. The van der Waals surface area contributed by atoms with E-state index in [9.17, 15) is 0 Å². The van der Waals surface area contributed by atoms with Crippen LogP contribution in [0, 0.1) is 0 Å². The molecule has 96 valence electrons. The minimum atomic E-state index is 0.576. The molecule has 2 heterocycles. The van der Waals surface area contributed by atoms with Gasteiger partial charge in [-0.3, -0.25) is 9.67 Å². The Bertz CT molecular complexity index is 718. The first-order valence-electron chi connectivity index (χ1n) is 5.96. The summed E-state index contributed by atoms with van der Waals surface area (Å²) in [5.74, 6) is 1.38. The summed E-state index contributed by atoms with van der Waals surface area (Å²) >= 11 is 0. The van der Waals surface area contributed by atoms with Crippen LogP contribution in [0.5, 0.6) is 0 Å². The minimum absolute atomic E-state index is 0.576.